The normalized spacial score (nSPS) is 13.2. The van der Waals surface area contributed by atoms with Gasteiger partial charge in [0.25, 0.3) is 0 Å². The van der Waals surface area contributed by atoms with Gasteiger partial charge in [-0.1, -0.05) is 51.8 Å². The first-order chi connectivity index (χ1) is 13.8. The van der Waals surface area contributed by atoms with Gasteiger partial charge >= 0.3 is 6.18 Å². The van der Waals surface area contributed by atoms with Crippen LogP contribution in [0.3, 0.4) is 0 Å². The monoisotopic (exact) mass is 460 g/mol. The molecule has 0 atom stereocenters. The van der Waals surface area contributed by atoms with E-state index in [9.17, 15) is 18.3 Å². The topological polar surface area (TPSA) is 39.3 Å². The summed E-state index contributed by atoms with van der Waals surface area (Å²) in [6.45, 7) is 1.83. The summed E-state index contributed by atoms with van der Waals surface area (Å²) in [5.41, 5.74) is -0.697. The summed E-state index contributed by atoms with van der Waals surface area (Å²) in [6, 6.07) is 17.2. The lowest BCUT2D eigenvalue weighted by Gasteiger charge is -2.18. The zero-order valence-corrected chi connectivity index (χ0v) is 16.9. The molecule has 0 saturated heterocycles. The van der Waals surface area contributed by atoms with Crippen LogP contribution in [0, 0.1) is 6.92 Å². The quantitative estimate of drug-likeness (QED) is 0.304. The van der Waals surface area contributed by atoms with Crippen LogP contribution < -0.4 is 9.67 Å². The molecular formula is C22H16BrF3N2O. The number of rotatable bonds is 4. The average Bonchev–Trinajstić information content (AvgIpc) is 2.69. The van der Waals surface area contributed by atoms with Crippen molar-refractivity contribution < 1.29 is 22.8 Å². The zero-order valence-electron chi connectivity index (χ0n) is 15.3. The lowest BCUT2D eigenvalue weighted by Crippen LogP contribution is -2.43. The number of nitrogens with zero attached hydrogens (tertiary/aromatic N) is 2. The van der Waals surface area contributed by atoms with E-state index in [-0.39, 0.29) is 11.3 Å². The number of hydrogen-bond acceptors (Lipinski definition) is 2. The van der Waals surface area contributed by atoms with Gasteiger partial charge in [0.15, 0.2) is 12.4 Å². The second kappa shape index (κ2) is 8.61. The van der Waals surface area contributed by atoms with Crippen LogP contribution in [0.2, 0.25) is 0 Å². The summed E-state index contributed by atoms with van der Waals surface area (Å²) in [7, 11) is 0. The Balaban J connectivity index is 2.28. The fourth-order valence-electron chi connectivity index (χ4n) is 2.63. The highest BCUT2D eigenvalue weighted by atomic mass is 79.9. The van der Waals surface area contributed by atoms with Gasteiger partial charge in [-0.15, -0.1) is 0 Å². The molecule has 1 heterocycles. The van der Waals surface area contributed by atoms with Crippen LogP contribution in [0.15, 0.2) is 88.6 Å². The number of halogens is 4. The fourth-order valence-corrected chi connectivity index (χ4v) is 2.90. The van der Waals surface area contributed by atoms with Crippen LogP contribution in [0.25, 0.3) is 11.5 Å². The molecule has 2 aromatic carbocycles. The van der Waals surface area contributed by atoms with Gasteiger partial charge < -0.3 is 5.11 Å². The molecule has 0 N–H and O–H groups in total. The van der Waals surface area contributed by atoms with Crippen LogP contribution in [-0.2, 0) is 0 Å². The Morgan fingerprint density at radius 3 is 2.07 bits per heavy atom. The molecular weight excluding hydrogens is 445 g/mol. The molecule has 0 aliphatic carbocycles. The van der Waals surface area contributed by atoms with E-state index < -0.39 is 23.3 Å². The number of aromatic nitrogens is 1. The number of allylic oxidation sites excluding steroid dienone is 1. The van der Waals surface area contributed by atoms with E-state index in [1.807, 2.05) is 6.92 Å². The lowest BCUT2D eigenvalue weighted by atomic mass is 10.1. The largest absolute Gasteiger partial charge is 0.868 e. The second-order valence-electron chi connectivity index (χ2n) is 6.26. The molecule has 0 amide bonds. The predicted octanol–water partition coefficient (Wildman–Crippen LogP) is 5.07. The molecule has 0 saturated carbocycles. The van der Waals surface area contributed by atoms with E-state index in [0.717, 1.165) is 10.1 Å². The number of benzene rings is 2. The standard InChI is InChI=1S/C22H16BrF3N2O/c1-15-5-11-18(12-6-15)27-21(22(24,25)26)19(28-13-3-2-4-14-28)20(29)16-7-9-17(23)10-8-16/h2-14H,1H3. The number of pyridine rings is 1. The van der Waals surface area contributed by atoms with Gasteiger partial charge in [0.05, 0.1) is 5.69 Å². The minimum absolute atomic E-state index is 0.112. The van der Waals surface area contributed by atoms with Crippen LogP contribution >= 0.6 is 15.9 Å². The Kier molecular flexibility index (Phi) is 6.17. The van der Waals surface area contributed by atoms with Gasteiger partial charge in [0.2, 0.25) is 11.4 Å². The van der Waals surface area contributed by atoms with Crippen LogP contribution in [-0.4, -0.2) is 11.9 Å². The predicted molar refractivity (Wildman–Crippen MR) is 108 cm³/mol. The second-order valence-corrected chi connectivity index (χ2v) is 7.18. The highest BCUT2D eigenvalue weighted by Crippen LogP contribution is 2.29. The van der Waals surface area contributed by atoms with Gasteiger partial charge in [-0.05, 0) is 42.5 Å². The number of aliphatic imine (C=N–C) groups is 1. The van der Waals surface area contributed by atoms with Gasteiger partial charge in [0.1, 0.15) is 0 Å². The maximum atomic E-state index is 14.0. The molecule has 0 unspecified atom stereocenters. The van der Waals surface area contributed by atoms with Crippen molar-refractivity contribution in [2.75, 3.05) is 0 Å². The summed E-state index contributed by atoms with van der Waals surface area (Å²) < 4.78 is 44.0. The maximum Gasteiger partial charge on any atom is 0.440 e. The Hall–Kier alpha value is -2.93. The molecule has 1 aromatic heterocycles. The summed E-state index contributed by atoms with van der Waals surface area (Å²) >= 11 is 3.26. The minimum Gasteiger partial charge on any atom is -0.868 e. The first kappa shape index (κ1) is 20.8. The van der Waals surface area contributed by atoms with E-state index in [2.05, 4.69) is 20.9 Å². The van der Waals surface area contributed by atoms with Crippen molar-refractivity contribution in [1.29, 1.82) is 0 Å². The van der Waals surface area contributed by atoms with Gasteiger partial charge in [0, 0.05) is 16.6 Å². The van der Waals surface area contributed by atoms with Crippen molar-refractivity contribution in [2.24, 2.45) is 4.99 Å². The van der Waals surface area contributed by atoms with Crippen molar-refractivity contribution in [3.05, 3.63) is 94.7 Å². The summed E-state index contributed by atoms with van der Waals surface area (Å²) in [6.07, 6.45) is -2.06. The fraction of sp³-hybridized carbons (Fsp3) is 0.0909. The van der Waals surface area contributed by atoms with E-state index in [1.54, 1.807) is 42.5 Å². The minimum atomic E-state index is -4.84. The molecule has 0 fully saturated rings. The molecule has 3 aromatic rings. The summed E-state index contributed by atoms with van der Waals surface area (Å²) in [5, 5.41) is 13.1. The summed E-state index contributed by atoms with van der Waals surface area (Å²) in [5.74, 6) is -0.781. The van der Waals surface area contributed by atoms with Crippen LogP contribution in [0.5, 0.6) is 0 Å². The van der Waals surface area contributed by atoms with Crippen molar-refractivity contribution in [2.45, 2.75) is 13.1 Å². The Bertz CT molecular complexity index is 1040. The first-order valence-corrected chi connectivity index (χ1v) is 9.42. The van der Waals surface area contributed by atoms with Crippen molar-refractivity contribution >= 4 is 38.8 Å². The highest BCUT2D eigenvalue weighted by Gasteiger charge is 2.43. The van der Waals surface area contributed by atoms with E-state index in [4.69, 9.17) is 0 Å². The number of aryl methyl sites for hydroxylation is 1. The van der Waals surface area contributed by atoms with Crippen molar-refractivity contribution in [3.63, 3.8) is 0 Å². The molecule has 0 bridgehead atoms. The number of alkyl halides is 3. The third-order valence-electron chi connectivity index (χ3n) is 4.06. The lowest BCUT2D eigenvalue weighted by molar-refractivity contribution is -0.578. The van der Waals surface area contributed by atoms with Gasteiger partial charge in [-0.2, -0.15) is 17.7 Å². The number of hydrogen-bond donors (Lipinski definition) is 0. The Morgan fingerprint density at radius 1 is 0.931 bits per heavy atom. The molecule has 7 heteroatoms. The van der Waals surface area contributed by atoms with Crippen LogP contribution in [0.4, 0.5) is 18.9 Å². The zero-order chi connectivity index (χ0) is 21.0. The van der Waals surface area contributed by atoms with Crippen molar-refractivity contribution in [3.8, 4) is 0 Å². The van der Waals surface area contributed by atoms with Gasteiger partial charge in [-0.25, -0.2) is 4.99 Å². The Morgan fingerprint density at radius 2 is 1.52 bits per heavy atom. The van der Waals surface area contributed by atoms with E-state index >= 15 is 0 Å². The first-order valence-electron chi connectivity index (χ1n) is 8.62. The molecule has 0 radical (unpaired) electrons. The average molecular weight is 461 g/mol. The highest BCUT2D eigenvalue weighted by molar-refractivity contribution is 9.10. The SMILES string of the molecule is Cc1ccc(N=C(/C(=C(\[O-])c2ccc(Br)cc2)[n+]2ccccc2)C(F)(F)F)cc1. The van der Waals surface area contributed by atoms with E-state index in [0.29, 0.717) is 4.47 Å². The molecule has 0 aliphatic heterocycles. The van der Waals surface area contributed by atoms with Crippen molar-refractivity contribution in [1.82, 2.24) is 0 Å². The third-order valence-corrected chi connectivity index (χ3v) is 4.59. The molecule has 3 nitrogen and oxygen atoms in total. The Labute approximate surface area is 174 Å². The van der Waals surface area contributed by atoms with E-state index in [1.165, 1.54) is 36.7 Å². The smallest absolute Gasteiger partial charge is 0.440 e. The molecule has 29 heavy (non-hydrogen) atoms. The van der Waals surface area contributed by atoms with Gasteiger partial charge in [-0.3, -0.25) is 0 Å². The summed E-state index contributed by atoms with van der Waals surface area (Å²) in [4.78, 5) is 3.82. The van der Waals surface area contributed by atoms with Crippen LogP contribution in [0.1, 0.15) is 11.1 Å². The molecule has 3 rings (SSSR count). The third kappa shape index (κ3) is 5.12. The maximum absolute atomic E-state index is 14.0. The molecule has 148 valence electrons. The molecule has 0 aliphatic rings. The molecule has 0 spiro atoms.